The molecule has 2 aliphatic rings. The van der Waals surface area contributed by atoms with E-state index in [0.29, 0.717) is 19.1 Å². The van der Waals surface area contributed by atoms with E-state index < -0.39 is 0 Å². The van der Waals surface area contributed by atoms with Gasteiger partial charge >= 0.3 is 0 Å². The van der Waals surface area contributed by atoms with E-state index in [1.807, 2.05) is 13.0 Å². The summed E-state index contributed by atoms with van der Waals surface area (Å²) in [6.07, 6.45) is 17.6. The quantitative estimate of drug-likeness (QED) is 0.527. The highest BCUT2D eigenvalue weighted by atomic mass is 16.7. The molecular formula is C18H26O3. The second-order valence-electron chi connectivity index (χ2n) is 5.38. The van der Waals surface area contributed by atoms with Crippen LogP contribution >= 0.6 is 0 Å². The molecule has 2 rings (SSSR count). The summed E-state index contributed by atoms with van der Waals surface area (Å²) in [5.74, 6) is 0.344. The maximum Gasteiger partial charge on any atom is 0.183 e. The fraction of sp³-hybridized carbons (Fsp3) is 0.556. The summed E-state index contributed by atoms with van der Waals surface area (Å²) < 4.78 is 17.3. The second-order valence-corrected chi connectivity index (χ2v) is 5.38. The van der Waals surface area contributed by atoms with Crippen molar-refractivity contribution in [3.63, 3.8) is 0 Å². The van der Waals surface area contributed by atoms with Gasteiger partial charge in [0, 0.05) is 18.1 Å². The first-order valence-electron chi connectivity index (χ1n) is 7.85. The van der Waals surface area contributed by atoms with Crippen molar-refractivity contribution in [1.82, 2.24) is 0 Å². The Hall–Kier alpha value is -1.16. The van der Waals surface area contributed by atoms with E-state index in [9.17, 15) is 0 Å². The molecule has 0 amide bonds. The monoisotopic (exact) mass is 290 g/mol. The molecule has 3 nitrogen and oxygen atoms in total. The molecule has 0 bridgehead atoms. The Morgan fingerprint density at radius 1 is 1.29 bits per heavy atom. The molecule has 0 saturated carbocycles. The SMILES string of the molecule is C/C=C\CCCOCC1COC(C2=CCC=CC=C2)OC1. The molecule has 0 unspecified atom stereocenters. The summed E-state index contributed by atoms with van der Waals surface area (Å²) in [6.45, 7) is 4.99. The van der Waals surface area contributed by atoms with E-state index >= 15 is 0 Å². The van der Waals surface area contributed by atoms with Gasteiger partial charge in [-0.15, -0.1) is 0 Å². The lowest BCUT2D eigenvalue weighted by Crippen LogP contribution is -2.35. The van der Waals surface area contributed by atoms with Crippen LogP contribution in [-0.4, -0.2) is 32.7 Å². The molecule has 0 aromatic heterocycles. The summed E-state index contributed by atoms with van der Waals surface area (Å²) in [7, 11) is 0. The zero-order valence-electron chi connectivity index (χ0n) is 12.9. The van der Waals surface area contributed by atoms with E-state index in [2.05, 4.69) is 36.5 Å². The Morgan fingerprint density at radius 2 is 2.14 bits per heavy atom. The third-order valence-electron chi connectivity index (χ3n) is 3.51. The van der Waals surface area contributed by atoms with Crippen LogP contribution in [0.5, 0.6) is 0 Å². The van der Waals surface area contributed by atoms with Crippen molar-refractivity contribution >= 4 is 0 Å². The zero-order chi connectivity index (χ0) is 14.8. The fourth-order valence-corrected chi connectivity index (χ4v) is 2.32. The largest absolute Gasteiger partial charge is 0.381 e. The average molecular weight is 290 g/mol. The Labute approximate surface area is 128 Å². The first kappa shape index (κ1) is 16.2. The second kappa shape index (κ2) is 9.72. The van der Waals surface area contributed by atoms with E-state index in [1.54, 1.807) is 0 Å². The predicted molar refractivity (Wildman–Crippen MR) is 85.0 cm³/mol. The van der Waals surface area contributed by atoms with Crippen LogP contribution < -0.4 is 0 Å². The van der Waals surface area contributed by atoms with Crippen LogP contribution in [0.3, 0.4) is 0 Å². The van der Waals surface area contributed by atoms with Crippen LogP contribution in [0.4, 0.5) is 0 Å². The van der Waals surface area contributed by atoms with Gasteiger partial charge in [-0.05, 0) is 26.2 Å². The molecule has 1 aliphatic heterocycles. The molecule has 0 aromatic rings. The number of unbranched alkanes of at least 4 members (excludes halogenated alkanes) is 1. The molecule has 1 saturated heterocycles. The third kappa shape index (κ3) is 6.00. The summed E-state index contributed by atoms with van der Waals surface area (Å²) >= 11 is 0. The van der Waals surface area contributed by atoms with Crippen LogP contribution in [0.2, 0.25) is 0 Å². The first-order chi connectivity index (χ1) is 10.4. The van der Waals surface area contributed by atoms with Gasteiger partial charge in [-0.1, -0.05) is 42.5 Å². The minimum Gasteiger partial charge on any atom is -0.381 e. The van der Waals surface area contributed by atoms with Gasteiger partial charge in [0.05, 0.1) is 19.8 Å². The van der Waals surface area contributed by atoms with Gasteiger partial charge < -0.3 is 14.2 Å². The van der Waals surface area contributed by atoms with Crippen molar-refractivity contribution in [2.24, 2.45) is 5.92 Å². The number of allylic oxidation sites excluding steroid dienone is 6. The van der Waals surface area contributed by atoms with Gasteiger partial charge in [0.15, 0.2) is 6.29 Å². The predicted octanol–water partition coefficient (Wildman–Crippen LogP) is 3.79. The van der Waals surface area contributed by atoms with Crippen molar-refractivity contribution in [3.8, 4) is 0 Å². The number of hydrogen-bond acceptors (Lipinski definition) is 3. The number of ether oxygens (including phenoxy) is 3. The third-order valence-corrected chi connectivity index (χ3v) is 3.51. The zero-order valence-corrected chi connectivity index (χ0v) is 12.9. The summed E-state index contributed by atoms with van der Waals surface area (Å²) in [6, 6.07) is 0. The minimum atomic E-state index is -0.216. The topological polar surface area (TPSA) is 27.7 Å². The standard InChI is InChI=1S/C18H26O3/c1-2-3-4-9-12-19-13-16-14-20-18(21-15-16)17-10-7-5-6-8-11-17/h2-3,5-7,10-11,16,18H,4,8-9,12-15H2,1H3/b3-2-. The lowest BCUT2D eigenvalue weighted by Gasteiger charge is -2.30. The van der Waals surface area contributed by atoms with Crippen LogP contribution in [0.15, 0.2) is 48.1 Å². The van der Waals surface area contributed by atoms with Crippen molar-refractivity contribution in [3.05, 3.63) is 48.1 Å². The molecule has 3 heteroatoms. The average Bonchev–Trinajstić information content (AvgIpc) is 2.81. The molecule has 0 spiro atoms. The molecular weight excluding hydrogens is 264 g/mol. The fourth-order valence-electron chi connectivity index (χ4n) is 2.32. The molecule has 21 heavy (non-hydrogen) atoms. The first-order valence-corrected chi connectivity index (χ1v) is 7.85. The van der Waals surface area contributed by atoms with Crippen LogP contribution in [0.1, 0.15) is 26.2 Å². The minimum absolute atomic E-state index is 0.216. The van der Waals surface area contributed by atoms with Gasteiger partial charge in [0.25, 0.3) is 0 Å². The number of hydrogen-bond donors (Lipinski definition) is 0. The molecule has 1 fully saturated rings. The maximum atomic E-state index is 5.82. The van der Waals surface area contributed by atoms with Gasteiger partial charge in [-0.2, -0.15) is 0 Å². The van der Waals surface area contributed by atoms with Crippen LogP contribution in [0.25, 0.3) is 0 Å². The highest BCUT2D eigenvalue weighted by Gasteiger charge is 2.24. The summed E-state index contributed by atoms with van der Waals surface area (Å²) in [5, 5.41) is 0. The molecule has 1 heterocycles. The Kier molecular flexibility index (Phi) is 7.50. The lowest BCUT2D eigenvalue weighted by atomic mass is 10.1. The van der Waals surface area contributed by atoms with Crippen molar-refractivity contribution in [1.29, 1.82) is 0 Å². The Balaban J connectivity index is 1.61. The molecule has 0 N–H and O–H groups in total. The van der Waals surface area contributed by atoms with Crippen LogP contribution in [0, 0.1) is 5.92 Å². The van der Waals surface area contributed by atoms with E-state index in [1.165, 1.54) is 0 Å². The molecule has 1 aliphatic carbocycles. The Morgan fingerprint density at radius 3 is 2.95 bits per heavy atom. The highest BCUT2D eigenvalue weighted by molar-refractivity contribution is 5.28. The number of rotatable bonds is 7. The summed E-state index contributed by atoms with van der Waals surface area (Å²) in [5.41, 5.74) is 1.12. The smallest absolute Gasteiger partial charge is 0.183 e. The van der Waals surface area contributed by atoms with Crippen molar-refractivity contribution in [2.75, 3.05) is 26.4 Å². The van der Waals surface area contributed by atoms with E-state index in [0.717, 1.165) is 38.0 Å². The lowest BCUT2D eigenvalue weighted by molar-refractivity contribution is -0.187. The van der Waals surface area contributed by atoms with Crippen LogP contribution in [-0.2, 0) is 14.2 Å². The molecule has 116 valence electrons. The maximum absolute atomic E-state index is 5.82. The van der Waals surface area contributed by atoms with Gasteiger partial charge in [0.1, 0.15) is 0 Å². The molecule has 0 aromatic carbocycles. The normalized spacial score (nSPS) is 26.0. The Bertz CT molecular complexity index is 399. The van der Waals surface area contributed by atoms with Gasteiger partial charge in [-0.25, -0.2) is 0 Å². The van der Waals surface area contributed by atoms with E-state index in [4.69, 9.17) is 14.2 Å². The molecule has 0 radical (unpaired) electrons. The van der Waals surface area contributed by atoms with Gasteiger partial charge in [0.2, 0.25) is 0 Å². The van der Waals surface area contributed by atoms with Crippen molar-refractivity contribution < 1.29 is 14.2 Å². The molecule has 0 atom stereocenters. The summed E-state index contributed by atoms with van der Waals surface area (Å²) in [4.78, 5) is 0. The van der Waals surface area contributed by atoms with Crippen molar-refractivity contribution in [2.45, 2.75) is 32.5 Å². The van der Waals surface area contributed by atoms with Gasteiger partial charge in [-0.3, -0.25) is 0 Å². The highest BCUT2D eigenvalue weighted by Crippen LogP contribution is 2.20. The van der Waals surface area contributed by atoms with E-state index in [-0.39, 0.29) is 6.29 Å².